The minimum Gasteiger partial charge on any atom is -0.486 e. The number of hydrogen-bond donors (Lipinski definition) is 1. The van der Waals surface area contributed by atoms with E-state index in [0.717, 1.165) is 43.5 Å². The molecular weight excluding hydrogens is 440 g/mol. The van der Waals surface area contributed by atoms with E-state index in [1.807, 2.05) is 25.3 Å². The van der Waals surface area contributed by atoms with Gasteiger partial charge in [0, 0.05) is 35.8 Å². The highest BCUT2D eigenvalue weighted by Gasteiger charge is 2.79. The molecule has 4 aliphatic carbocycles. The molecule has 2 heterocycles. The lowest BCUT2D eigenvalue weighted by Crippen LogP contribution is -2.81. The van der Waals surface area contributed by atoms with Gasteiger partial charge in [-0.2, -0.15) is 0 Å². The third-order valence-corrected chi connectivity index (χ3v) is 10.5. The van der Waals surface area contributed by atoms with Crippen LogP contribution in [0.15, 0.2) is 48.5 Å². The fraction of sp³-hybridized carbons (Fsp3) is 0.552. The van der Waals surface area contributed by atoms with Crippen molar-refractivity contribution in [3.8, 4) is 5.75 Å². The number of rotatable bonds is 6. The molecule has 6 heteroatoms. The number of likely N-dealkylation sites (tertiary alicyclic amines) is 1. The first-order valence-electron chi connectivity index (χ1n) is 13.0. The van der Waals surface area contributed by atoms with E-state index in [0.29, 0.717) is 13.2 Å². The van der Waals surface area contributed by atoms with Crippen LogP contribution in [0.4, 0.5) is 0 Å². The number of nitrogens with zero attached hydrogens (tertiary/aromatic N) is 1. The van der Waals surface area contributed by atoms with Gasteiger partial charge >= 0.3 is 0 Å². The molecule has 0 radical (unpaired) electrons. The number of benzene rings is 2. The molecule has 8 rings (SSSR count). The molecule has 6 aliphatic rings. The predicted molar refractivity (Wildman–Crippen MR) is 131 cm³/mol. The highest BCUT2D eigenvalue weighted by atomic mass is 16.6. The summed E-state index contributed by atoms with van der Waals surface area (Å²) < 4.78 is 19.8. The normalized spacial score (nSPS) is 40.3. The van der Waals surface area contributed by atoms with E-state index < -0.39 is 11.1 Å². The monoisotopic (exact) mass is 474 g/mol. The van der Waals surface area contributed by atoms with Crippen molar-refractivity contribution in [1.29, 1.82) is 0 Å². The molecule has 3 fully saturated rings. The molecule has 7 bridgehead atoms. The number of ether oxygens (including phenoxy) is 3. The van der Waals surface area contributed by atoms with Gasteiger partial charge in [-0.1, -0.05) is 42.5 Å². The maximum atomic E-state index is 13.6. The van der Waals surface area contributed by atoms with Crippen LogP contribution in [0.2, 0.25) is 0 Å². The lowest BCUT2D eigenvalue weighted by Gasteiger charge is -2.70. The maximum Gasteiger partial charge on any atom is 0.238 e. The first-order chi connectivity index (χ1) is 17.0. The summed E-state index contributed by atoms with van der Waals surface area (Å²) in [4.78, 5) is 15.9. The highest BCUT2D eigenvalue weighted by Crippen LogP contribution is 2.73. The number of likely N-dealkylation sites (N-methyl/N-ethyl adjacent to an activating group) is 1. The van der Waals surface area contributed by atoms with Gasteiger partial charge in [0.1, 0.15) is 23.0 Å². The summed E-state index contributed by atoms with van der Waals surface area (Å²) in [5.74, 6) is 1.03. The number of methoxy groups -OCH3 is 1. The Hall–Kier alpha value is -2.41. The van der Waals surface area contributed by atoms with Crippen LogP contribution in [0.3, 0.4) is 0 Å². The van der Waals surface area contributed by atoms with Crippen LogP contribution in [-0.4, -0.2) is 55.4 Å². The quantitative estimate of drug-likeness (QED) is 0.695. The van der Waals surface area contributed by atoms with E-state index in [2.05, 4.69) is 42.3 Å². The topological polar surface area (TPSA) is 74.0 Å². The molecule has 0 aromatic heterocycles. The summed E-state index contributed by atoms with van der Waals surface area (Å²) in [5, 5.41) is 0. The zero-order chi connectivity index (χ0) is 24.0. The predicted octanol–water partition coefficient (Wildman–Crippen LogP) is 3.37. The van der Waals surface area contributed by atoms with Crippen molar-refractivity contribution in [3.63, 3.8) is 0 Å². The number of carbonyl (C=O) groups excluding carboxylic acids is 1. The SMILES string of the molecule is CO[C@]12CCC3c4cccc5c4[C@@]4(CCN(C)[C@@]3(C(N)=O)[C@H]4C[C@@H]1COCc1ccccc1)[C@H]2O5. The Morgan fingerprint density at radius 1 is 1.17 bits per heavy atom. The molecule has 6 nitrogen and oxygen atoms in total. The standard InChI is InChI=1S/C29H34N2O4/c1-31-14-13-27-23-15-19(17-34-16-18-7-4-3-5-8-18)28(33-2)12-11-21(29(23,31)26(30)32)20-9-6-10-22(24(20)27)35-25(27)28/h3-10,19,21,23,25H,11-17H2,1-2H3,(H2,30,32)/t19-,21?,23+,25-,27+,28-,29-/m1/s1. The molecule has 2 aromatic carbocycles. The molecule has 184 valence electrons. The fourth-order valence-electron chi connectivity index (χ4n) is 9.24. The van der Waals surface area contributed by atoms with E-state index in [1.165, 1.54) is 11.1 Å². The van der Waals surface area contributed by atoms with Crippen LogP contribution >= 0.6 is 0 Å². The summed E-state index contributed by atoms with van der Waals surface area (Å²) in [6.45, 7) is 1.96. The minimum absolute atomic E-state index is 0.0433. The Morgan fingerprint density at radius 3 is 2.77 bits per heavy atom. The van der Waals surface area contributed by atoms with Crippen molar-refractivity contribution >= 4 is 5.91 Å². The van der Waals surface area contributed by atoms with E-state index in [1.54, 1.807) is 0 Å². The van der Waals surface area contributed by atoms with E-state index in [9.17, 15) is 4.79 Å². The zero-order valence-corrected chi connectivity index (χ0v) is 20.5. The molecule has 2 N–H and O–H groups in total. The fourth-order valence-corrected chi connectivity index (χ4v) is 9.24. The molecule has 1 spiro atoms. The van der Waals surface area contributed by atoms with Gasteiger partial charge in [-0.05, 0) is 56.5 Å². The van der Waals surface area contributed by atoms with Gasteiger partial charge in [0.05, 0.1) is 13.2 Å². The first-order valence-corrected chi connectivity index (χ1v) is 13.0. The van der Waals surface area contributed by atoms with Crippen molar-refractivity contribution in [1.82, 2.24) is 4.90 Å². The molecule has 7 atom stereocenters. The van der Waals surface area contributed by atoms with Crippen LogP contribution in [-0.2, 0) is 26.3 Å². The molecule has 2 aliphatic heterocycles. The van der Waals surface area contributed by atoms with Gasteiger partial charge in [0.2, 0.25) is 5.91 Å². The van der Waals surface area contributed by atoms with Crippen LogP contribution < -0.4 is 10.5 Å². The number of primary amides is 1. The Kier molecular flexibility index (Phi) is 4.56. The van der Waals surface area contributed by atoms with Crippen LogP contribution in [0.1, 0.15) is 48.3 Å². The molecule has 35 heavy (non-hydrogen) atoms. The van der Waals surface area contributed by atoms with Crippen LogP contribution in [0, 0.1) is 11.8 Å². The number of nitrogens with two attached hydrogens (primary N) is 1. The van der Waals surface area contributed by atoms with Crippen molar-refractivity contribution in [2.45, 2.75) is 60.9 Å². The van der Waals surface area contributed by atoms with Gasteiger partial charge in [-0.3, -0.25) is 9.69 Å². The maximum absolute atomic E-state index is 13.6. The van der Waals surface area contributed by atoms with Crippen molar-refractivity contribution in [2.75, 3.05) is 27.3 Å². The van der Waals surface area contributed by atoms with Gasteiger partial charge < -0.3 is 19.9 Å². The second-order valence-electron chi connectivity index (χ2n) is 11.4. The number of amides is 1. The highest BCUT2D eigenvalue weighted by molar-refractivity contribution is 5.89. The second kappa shape index (κ2) is 7.31. The first kappa shape index (κ1) is 21.8. The van der Waals surface area contributed by atoms with Crippen molar-refractivity contribution in [2.24, 2.45) is 17.6 Å². The summed E-state index contributed by atoms with van der Waals surface area (Å²) in [6.07, 6.45) is 3.33. The average Bonchev–Trinajstić information content (AvgIpc) is 3.21. The lowest BCUT2D eigenvalue weighted by molar-refractivity contribution is -0.243. The number of fused-ring (bicyclic) bond motifs is 2. The number of piperidine rings is 1. The van der Waals surface area contributed by atoms with Crippen molar-refractivity contribution < 1.29 is 19.0 Å². The van der Waals surface area contributed by atoms with E-state index in [-0.39, 0.29) is 35.2 Å². The molecule has 1 amide bonds. The summed E-state index contributed by atoms with van der Waals surface area (Å²) in [7, 11) is 3.95. The third-order valence-electron chi connectivity index (χ3n) is 10.5. The van der Waals surface area contributed by atoms with Crippen LogP contribution in [0.25, 0.3) is 0 Å². The van der Waals surface area contributed by atoms with Gasteiger partial charge in [0.25, 0.3) is 0 Å². The second-order valence-corrected chi connectivity index (χ2v) is 11.4. The molecule has 2 aromatic rings. The van der Waals surface area contributed by atoms with Gasteiger partial charge in [0.15, 0.2) is 0 Å². The Labute approximate surface area is 206 Å². The summed E-state index contributed by atoms with van der Waals surface area (Å²) >= 11 is 0. The van der Waals surface area contributed by atoms with Gasteiger partial charge in [-0.15, -0.1) is 0 Å². The van der Waals surface area contributed by atoms with Crippen molar-refractivity contribution in [3.05, 3.63) is 65.2 Å². The Morgan fingerprint density at radius 2 is 2.00 bits per heavy atom. The molecule has 2 saturated carbocycles. The van der Waals surface area contributed by atoms with E-state index >= 15 is 0 Å². The zero-order valence-electron chi connectivity index (χ0n) is 20.5. The molecular formula is C29H34N2O4. The average molecular weight is 475 g/mol. The largest absolute Gasteiger partial charge is 0.486 e. The molecule has 1 saturated heterocycles. The van der Waals surface area contributed by atoms with E-state index in [4.69, 9.17) is 19.9 Å². The number of carbonyl (C=O) groups is 1. The van der Waals surface area contributed by atoms with Crippen LogP contribution in [0.5, 0.6) is 5.75 Å². The summed E-state index contributed by atoms with van der Waals surface area (Å²) in [5.41, 5.74) is 8.76. The third kappa shape index (κ3) is 2.43. The minimum atomic E-state index is -0.714. The lowest BCUT2D eigenvalue weighted by atomic mass is 9.38. The Balaban J connectivity index is 1.37. The smallest absolute Gasteiger partial charge is 0.238 e. The van der Waals surface area contributed by atoms with Gasteiger partial charge in [-0.25, -0.2) is 0 Å². The summed E-state index contributed by atoms with van der Waals surface area (Å²) in [6, 6.07) is 16.7. The molecule has 1 unspecified atom stereocenters. The number of hydrogen-bond acceptors (Lipinski definition) is 5. The Bertz CT molecular complexity index is 1190.